The maximum atomic E-state index is 10.3. The van der Waals surface area contributed by atoms with Gasteiger partial charge in [0.15, 0.2) is 6.79 Å². The first-order valence-electron chi connectivity index (χ1n) is 10.5. The average Bonchev–Trinajstić information content (AvgIpc) is 3.38. The molecule has 6 nitrogen and oxygen atoms in total. The number of rotatable bonds is 8. The van der Waals surface area contributed by atoms with Gasteiger partial charge in [-0.15, -0.1) is 11.3 Å². The molecule has 1 fully saturated rings. The number of ether oxygens (including phenoxy) is 2. The van der Waals surface area contributed by atoms with Crippen LogP contribution in [0, 0.1) is 0 Å². The zero-order valence-corrected chi connectivity index (χ0v) is 18.2. The van der Waals surface area contributed by atoms with Crippen molar-refractivity contribution < 1.29 is 14.6 Å². The first-order valence-corrected chi connectivity index (χ1v) is 11.4. The van der Waals surface area contributed by atoms with Crippen molar-refractivity contribution in [1.82, 2.24) is 9.88 Å². The molecule has 1 N–H and O–H groups in total. The summed E-state index contributed by atoms with van der Waals surface area (Å²) in [5, 5.41) is 11.2. The minimum Gasteiger partial charge on any atom is -0.467 e. The van der Waals surface area contributed by atoms with Crippen LogP contribution >= 0.6 is 11.3 Å². The van der Waals surface area contributed by atoms with E-state index in [0.717, 1.165) is 58.4 Å². The topological polar surface area (TPSA) is 58.1 Å². The van der Waals surface area contributed by atoms with Crippen molar-refractivity contribution >= 4 is 17.0 Å². The van der Waals surface area contributed by atoms with E-state index in [0.29, 0.717) is 6.61 Å². The zero-order chi connectivity index (χ0) is 20.2. The van der Waals surface area contributed by atoms with Crippen LogP contribution in [0.1, 0.15) is 42.4 Å². The highest BCUT2D eigenvalue weighted by Gasteiger charge is 2.24. The first-order chi connectivity index (χ1) is 14.1. The second-order valence-corrected chi connectivity index (χ2v) is 9.06. The second-order valence-electron chi connectivity index (χ2n) is 8.03. The number of hydrogen-bond donors (Lipinski definition) is 1. The Bertz CT molecular complexity index is 818. The fraction of sp³-hybridized carbons (Fsp3) is 0.591. The Balaban J connectivity index is 1.46. The third-order valence-electron chi connectivity index (χ3n) is 5.68. The minimum absolute atomic E-state index is 0.228. The van der Waals surface area contributed by atoms with Gasteiger partial charge in [-0.3, -0.25) is 0 Å². The highest BCUT2D eigenvalue weighted by Crippen LogP contribution is 2.41. The van der Waals surface area contributed by atoms with E-state index in [9.17, 15) is 5.11 Å². The Hall–Kier alpha value is -1.67. The van der Waals surface area contributed by atoms with Crippen LogP contribution in [-0.2, 0) is 11.2 Å². The molecule has 2 heterocycles. The van der Waals surface area contributed by atoms with Crippen molar-refractivity contribution in [3.8, 4) is 16.3 Å². The zero-order valence-electron chi connectivity index (χ0n) is 17.4. The van der Waals surface area contributed by atoms with Gasteiger partial charge in [0.25, 0.3) is 0 Å². The summed E-state index contributed by atoms with van der Waals surface area (Å²) in [6.45, 7) is 4.23. The molecular formula is C22H31N3O3S. The Labute approximate surface area is 177 Å². The van der Waals surface area contributed by atoms with Crippen LogP contribution in [0.3, 0.4) is 0 Å². The lowest BCUT2D eigenvalue weighted by molar-refractivity contribution is 0.00779. The summed E-state index contributed by atoms with van der Waals surface area (Å²) >= 11 is 1.58. The van der Waals surface area contributed by atoms with E-state index in [4.69, 9.17) is 14.5 Å². The molecule has 1 atom stereocenters. The molecule has 2 aromatic rings. The van der Waals surface area contributed by atoms with Crippen molar-refractivity contribution in [3.05, 3.63) is 28.8 Å². The van der Waals surface area contributed by atoms with Crippen LogP contribution in [0.4, 0.5) is 5.69 Å². The molecule has 7 heteroatoms. The molecule has 1 aliphatic carbocycles. The van der Waals surface area contributed by atoms with Crippen molar-refractivity contribution in [3.63, 3.8) is 0 Å². The fourth-order valence-corrected chi connectivity index (χ4v) is 5.12. The van der Waals surface area contributed by atoms with E-state index in [1.54, 1.807) is 11.3 Å². The Morgan fingerprint density at radius 1 is 1.24 bits per heavy atom. The van der Waals surface area contributed by atoms with Crippen LogP contribution in [0.15, 0.2) is 18.2 Å². The molecule has 158 valence electrons. The smallest absolute Gasteiger partial charge is 0.189 e. The number of likely N-dealkylation sites (tertiary alicyclic amines) is 1. The van der Waals surface area contributed by atoms with Gasteiger partial charge in [0.1, 0.15) is 10.8 Å². The van der Waals surface area contributed by atoms with E-state index in [-0.39, 0.29) is 12.9 Å². The molecule has 1 saturated heterocycles. The number of anilines is 1. The summed E-state index contributed by atoms with van der Waals surface area (Å²) in [5.41, 5.74) is 3.07. The molecule has 0 bridgehead atoms. The number of nitrogens with zero attached hydrogens (tertiary/aromatic N) is 3. The number of aromatic nitrogens is 1. The summed E-state index contributed by atoms with van der Waals surface area (Å²) in [6, 6.07) is 6.18. The van der Waals surface area contributed by atoms with E-state index < -0.39 is 0 Å². The molecule has 0 radical (unpaired) electrons. The molecule has 0 spiro atoms. The number of hydrogen-bond acceptors (Lipinski definition) is 7. The van der Waals surface area contributed by atoms with Gasteiger partial charge in [-0.2, -0.15) is 0 Å². The van der Waals surface area contributed by atoms with Gasteiger partial charge in [-0.25, -0.2) is 4.98 Å². The van der Waals surface area contributed by atoms with Crippen molar-refractivity contribution in [2.24, 2.45) is 0 Å². The third-order valence-corrected chi connectivity index (χ3v) is 6.91. The monoisotopic (exact) mass is 417 g/mol. The molecular weight excluding hydrogens is 386 g/mol. The number of benzene rings is 1. The number of aliphatic hydroxyl groups is 1. The maximum absolute atomic E-state index is 10.3. The van der Waals surface area contributed by atoms with Gasteiger partial charge in [-0.1, -0.05) is 0 Å². The quantitative estimate of drug-likeness (QED) is 0.522. The maximum Gasteiger partial charge on any atom is 0.189 e. The van der Waals surface area contributed by atoms with E-state index in [1.165, 1.54) is 25.9 Å². The van der Waals surface area contributed by atoms with Crippen LogP contribution in [0.25, 0.3) is 10.6 Å². The van der Waals surface area contributed by atoms with Crippen LogP contribution in [-0.4, -0.2) is 62.1 Å². The molecule has 29 heavy (non-hydrogen) atoms. The number of aryl methyl sites for hydroxylation is 1. The highest BCUT2D eigenvalue weighted by molar-refractivity contribution is 7.15. The Morgan fingerprint density at radius 2 is 2.07 bits per heavy atom. The Morgan fingerprint density at radius 3 is 2.83 bits per heavy atom. The average molecular weight is 418 g/mol. The number of thiazole rings is 1. The van der Waals surface area contributed by atoms with Gasteiger partial charge in [0.2, 0.25) is 0 Å². The van der Waals surface area contributed by atoms with Gasteiger partial charge < -0.3 is 24.4 Å². The van der Waals surface area contributed by atoms with Crippen LogP contribution in [0.2, 0.25) is 0 Å². The standard InChI is InChI=1S/C22H31N3O3S/c1-24(2)16-8-9-17(22-23-18-6-5-7-19(26)21(18)29-22)20(14-16)28-15-27-13-12-25-10-3-4-11-25/h8-9,14,19,26H,3-7,10-13,15H2,1-2H3. The summed E-state index contributed by atoms with van der Waals surface area (Å²) in [6.07, 6.45) is 4.96. The van der Waals surface area contributed by atoms with Crippen molar-refractivity contribution in [1.29, 1.82) is 0 Å². The van der Waals surface area contributed by atoms with Gasteiger partial charge in [0, 0.05) is 32.4 Å². The lowest BCUT2D eigenvalue weighted by atomic mass is 10.0. The summed E-state index contributed by atoms with van der Waals surface area (Å²) in [7, 11) is 4.04. The normalized spacial score (nSPS) is 19.3. The predicted octanol–water partition coefficient (Wildman–Crippen LogP) is 3.69. The molecule has 1 aromatic heterocycles. The third kappa shape index (κ3) is 4.91. The van der Waals surface area contributed by atoms with Gasteiger partial charge in [0.05, 0.1) is 28.8 Å². The highest BCUT2D eigenvalue weighted by atomic mass is 32.1. The second kappa shape index (κ2) is 9.43. The van der Waals surface area contributed by atoms with E-state index in [1.807, 2.05) is 20.2 Å². The lowest BCUT2D eigenvalue weighted by Gasteiger charge is -2.17. The van der Waals surface area contributed by atoms with Gasteiger partial charge >= 0.3 is 0 Å². The minimum atomic E-state index is -0.385. The molecule has 4 rings (SSSR count). The van der Waals surface area contributed by atoms with Gasteiger partial charge in [-0.05, 0) is 57.3 Å². The summed E-state index contributed by atoms with van der Waals surface area (Å²) in [4.78, 5) is 10.3. The molecule has 0 saturated carbocycles. The van der Waals surface area contributed by atoms with E-state index >= 15 is 0 Å². The van der Waals surface area contributed by atoms with Crippen molar-refractivity contribution in [2.45, 2.75) is 38.2 Å². The van der Waals surface area contributed by atoms with Crippen molar-refractivity contribution in [2.75, 3.05) is 52.0 Å². The van der Waals surface area contributed by atoms with Crippen LogP contribution < -0.4 is 9.64 Å². The first kappa shape index (κ1) is 20.6. The van der Waals surface area contributed by atoms with E-state index in [2.05, 4.69) is 21.9 Å². The molecule has 1 unspecified atom stereocenters. The lowest BCUT2D eigenvalue weighted by Crippen LogP contribution is -2.24. The number of fused-ring (bicyclic) bond motifs is 1. The van der Waals surface area contributed by atoms with Crippen LogP contribution in [0.5, 0.6) is 5.75 Å². The Kier molecular flexibility index (Phi) is 6.70. The fourth-order valence-electron chi connectivity index (χ4n) is 3.96. The number of aliphatic hydroxyl groups excluding tert-OH is 1. The largest absolute Gasteiger partial charge is 0.467 e. The summed E-state index contributed by atoms with van der Waals surface area (Å²) < 4.78 is 11.8. The molecule has 1 aliphatic heterocycles. The molecule has 0 amide bonds. The predicted molar refractivity (Wildman–Crippen MR) is 117 cm³/mol. The summed E-state index contributed by atoms with van der Waals surface area (Å²) in [5.74, 6) is 0.776. The SMILES string of the molecule is CN(C)c1ccc(-c2nc3c(s2)C(O)CCC3)c(OCOCCN2CCCC2)c1. The molecule has 2 aliphatic rings. The molecule has 1 aromatic carbocycles.